The molecule has 3 rings (SSSR count). The van der Waals surface area contributed by atoms with Gasteiger partial charge in [-0.1, -0.05) is 23.7 Å². The van der Waals surface area contributed by atoms with Crippen LogP contribution in [0.15, 0.2) is 42.6 Å². The Bertz CT molecular complexity index is 756. The van der Waals surface area contributed by atoms with E-state index in [0.29, 0.717) is 30.7 Å². The maximum Gasteiger partial charge on any atom is 0.218 e. The van der Waals surface area contributed by atoms with Gasteiger partial charge in [-0.3, -0.25) is 0 Å². The number of halogens is 1. The van der Waals surface area contributed by atoms with Crippen LogP contribution in [-0.4, -0.2) is 21.2 Å². The summed E-state index contributed by atoms with van der Waals surface area (Å²) in [6, 6.07) is 11.2. The molecule has 0 atom stereocenters. The number of aromatic nitrogens is 3. The van der Waals surface area contributed by atoms with Crippen LogP contribution in [0, 0.1) is 0 Å². The van der Waals surface area contributed by atoms with E-state index < -0.39 is 0 Å². The lowest BCUT2D eigenvalue weighted by Gasteiger charge is -2.10. The van der Waals surface area contributed by atoms with Gasteiger partial charge in [0.25, 0.3) is 0 Å². The van der Waals surface area contributed by atoms with Crippen molar-refractivity contribution in [1.29, 1.82) is 0 Å². The van der Waals surface area contributed by atoms with Crippen LogP contribution in [0.25, 0.3) is 5.65 Å². The molecule has 22 heavy (non-hydrogen) atoms. The molecule has 2 heterocycles. The van der Waals surface area contributed by atoms with Crippen LogP contribution in [0.3, 0.4) is 0 Å². The maximum absolute atomic E-state index is 5.89. The molecule has 114 valence electrons. The number of nitrogens with zero attached hydrogens (tertiary/aromatic N) is 3. The summed E-state index contributed by atoms with van der Waals surface area (Å²) in [6.45, 7) is 3.49. The van der Waals surface area contributed by atoms with Crippen LogP contribution < -0.4 is 4.74 Å². The topological polar surface area (TPSA) is 48.7 Å². The quantitative estimate of drug-likeness (QED) is 0.698. The van der Waals surface area contributed by atoms with E-state index in [-0.39, 0.29) is 0 Å². The van der Waals surface area contributed by atoms with E-state index in [1.54, 1.807) is 10.7 Å². The van der Waals surface area contributed by atoms with Crippen molar-refractivity contribution in [2.75, 3.05) is 6.61 Å². The zero-order chi connectivity index (χ0) is 15.4. The van der Waals surface area contributed by atoms with Gasteiger partial charge in [0.05, 0.1) is 18.5 Å². The van der Waals surface area contributed by atoms with E-state index in [9.17, 15) is 0 Å². The first-order valence-corrected chi connectivity index (χ1v) is 7.42. The minimum Gasteiger partial charge on any atom is -0.473 e. The highest BCUT2D eigenvalue weighted by Crippen LogP contribution is 2.18. The van der Waals surface area contributed by atoms with Crippen molar-refractivity contribution in [2.24, 2.45) is 0 Å². The van der Waals surface area contributed by atoms with E-state index in [4.69, 9.17) is 21.1 Å². The molecular weight excluding hydrogens is 302 g/mol. The fourth-order valence-corrected chi connectivity index (χ4v) is 2.18. The summed E-state index contributed by atoms with van der Waals surface area (Å²) in [5.74, 6) is 0.639. The third kappa shape index (κ3) is 3.37. The Balaban J connectivity index is 1.81. The highest BCUT2D eigenvalue weighted by Gasteiger charge is 2.08. The van der Waals surface area contributed by atoms with Gasteiger partial charge in [-0.25, -0.2) is 4.98 Å². The highest BCUT2D eigenvalue weighted by molar-refractivity contribution is 6.30. The Morgan fingerprint density at radius 1 is 1.14 bits per heavy atom. The maximum atomic E-state index is 5.89. The number of fused-ring (bicyclic) bond motifs is 1. The zero-order valence-corrected chi connectivity index (χ0v) is 13.0. The van der Waals surface area contributed by atoms with Crippen molar-refractivity contribution in [1.82, 2.24) is 14.6 Å². The van der Waals surface area contributed by atoms with Crippen LogP contribution in [0.5, 0.6) is 5.88 Å². The van der Waals surface area contributed by atoms with Gasteiger partial charge in [0.15, 0.2) is 5.65 Å². The lowest BCUT2D eigenvalue weighted by molar-refractivity contribution is 0.131. The third-order valence-electron chi connectivity index (χ3n) is 3.13. The molecule has 5 nitrogen and oxygen atoms in total. The van der Waals surface area contributed by atoms with Gasteiger partial charge in [0.1, 0.15) is 6.61 Å². The molecule has 0 amide bonds. The summed E-state index contributed by atoms with van der Waals surface area (Å²) in [5, 5.41) is 4.94. The fourth-order valence-electron chi connectivity index (χ4n) is 2.06. The smallest absolute Gasteiger partial charge is 0.218 e. The predicted molar refractivity (Wildman–Crippen MR) is 84.1 cm³/mol. The molecule has 6 heteroatoms. The average Bonchev–Trinajstić information content (AvgIpc) is 3.00. The summed E-state index contributed by atoms with van der Waals surface area (Å²) in [6.07, 6.45) is 1.70. The van der Waals surface area contributed by atoms with Gasteiger partial charge in [0, 0.05) is 23.8 Å². The Hall–Kier alpha value is -2.11. The van der Waals surface area contributed by atoms with Crippen LogP contribution in [0.1, 0.15) is 18.2 Å². The van der Waals surface area contributed by atoms with Crippen molar-refractivity contribution >= 4 is 17.2 Å². The molecule has 0 radical (unpaired) electrons. The van der Waals surface area contributed by atoms with E-state index in [2.05, 4.69) is 10.1 Å². The second-order valence-electron chi connectivity index (χ2n) is 4.74. The van der Waals surface area contributed by atoms with Gasteiger partial charge in [-0.05, 0) is 24.6 Å². The molecule has 0 fully saturated rings. The SMILES string of the molecule is CCOCc1cc(OCc2ccc(Cl)cc2)n2nccc2n1. The summed E-state index contributed by atoms with van der Waals surface area (Å²) in [7, 11) is 0. The molecule has 2 aromatic heterocycles. The fraction of sp³-hybridized carbons (Fsp3) is 0.250. The van der Waals surface area contributed by atoms with Gasteiger partial charge in [0.2, 0.25) is 5.88 Å². The second-order valence-corrected chi connectivity index (χ2v) is 5.18. The first-order valence-electron chi connectivity index (χ1n) is 7.05. The van der Waals surface area contributed by atoms with Crippen molar-refractivity contribution in [3.05, 3.63) is 58.9 Å². The van der Waals surface area contributed by atoms with Crippen molar-refractivity contribution in [3.63, 3.8) is 0 Å². The molecule has 0 aliphatic carbocycles. The summed E-state index contributed by atoms with van der Waals surface area (Å²) >= 11 is 5.88. The second kappa shape index (κ2) is 6.77. The first kappa shape index (κ1) is 14.8. The molecular formula is C16H16ClN3O2. The molecule has 0 N–H and O–H groups in total. The Kier molecular flexibility index (Phi) is 4.56. The third-order valence-corrected chi connectivity index (χ3v) is 3.39. The number of hydrogen-bond acceptors (Lipinski definition) is 4. The van der Waals surface area contributed by atoms with E-state index in [0.717, 1.165) is 16.9 Å². The monoisotopic (exact) mass is 317 g/mol. The average molecular weight is 318 g/mol. The standard InChI is InChI=1S/C16H16ClN3O2/c1-2-21-11-14-9-16(20-15(19-14)7-8-18-20)22-10-12-3-5-13(17)6-4-12/h3-9H,2,10-11H2,1H3. The van der Waals surface area contributed by atoms with Gasteiger partial charge >= 0.3 is 0 Å². The van der Waals surface area contributed by atoms with Crippen molar-refractivity contribution in [2.45, 2.75) is 20.1 Å². The van der Waals surface area contributed by atoms with Crippen molar-refractivity contribution < 1.29 is 9.47 Å². The molecule has 0 spiro atoms. The molecule has 0 aliphatic rings. The predicted octanol–water partition coefficient (Wildman–Crippen LogP) is 3.50. The Labute approximate surface area is 133 Å². The summed E-state index contributed by atoms with van der Waals surface area (Å²) < 4.78 is 13.0. The Morgan fingerprint density at radius 3 is 2.73 bits per heavy atom. The number of hydrogen-bond donors (Lipinski definition) is 0. The lowest BCUT2D eigenvalue weighted by atomic mass is 10.2. The number of rotatable bonds is 6. The van der Waals surface area contributed by atoms with Crippen LogP contribution >= 0.6 is 11.6 Å². The van der Waals surface area contributed by atoms with E-state index in [1.807, 2.05) is 43.3 Å². The largest absolute Gasteiger partial charge is 0.473 e. The van der Waals surface area contributed by atoms with Crippen molar-refractivity contribution in [3.8, 4) is 5.88 Å². The summed E-state index contributed by atoms with van der Waals surface area (Å²) in [5.41, 5.74) is 2.59. The molecule has 3 aromatic rings. The minimum absolute atomic E-state index is 0.435. The van der Waals surface area contributed by atoms with Crippen LogP contribution in [0.2, 0.25) is 5.02 Å². The number of ether oxygens (including phenoxy) is 2. The summed E-state index contributed by atoms with van der Waals surface area (Å²) in [4.78, 5) is 4.48. The minimum atomic E-state index is 0.435. The van der Waals surface area contributed by atoms with Crippen LogP contribution in [-0.2, 0) is 18.0 Å². The number of benzene rings is 1. The molecule has 0 bridgehead atoms. The lowest BCUT2D eigenvalue weighted by Crippen LogP contribution is -2.05. The normalized spacial score (nSPS) is 11.0. The van der Waals surface area contributed by atoms with E-state index >= 15 is 0 Å². The van der Waals surface area contributed by atoms with Crippen LogP contribution in [0.4, 0.5) is 0 Å². The Morgan fingerprint density at radius 2 is 1.95 bits per heavy atom. The van der Waals surface area contributed by atoms with Gasteiger partial charge < -0.3 is 9.47 Å². The molecule has 0 saturated carbocycles. The molecule has 0 unspecified atom stereocenters. The van der Waals surface area contributed by atoms with Gasteiger partial charge in [-0.2, -0.15) is 9.61 Å². The highest BCUT2D eigenvalue weighted by atomic mass is 35.5. The van der Waals surface area contributed by atoms with E-state index in [1.165, 1.54) is 0 Å². The molecule has 0 saturated heterocycles. The molecule has 1 aromatic carbocycles. The van der Waals surface area contributed by atoms with Gasteiger partial charge in [-0.15, -0.1) is 0 Å². The molecule has 0 aliphatic heterocycles. The first-order chi connectivity index (χ1) is 10.8. The zero-order valence-electron chi connectivity index (χ0n) is 12.2.